The average Bonchev–Trinajstić information content (AvgIpc) is 2.89. The molecule has 3 rings (SSSR count). The van der Waals surface area contributed by atoms with Gasteiger partial charge in [0.15, 0.2) is 5.65 Å². The molecule has 0 atom stereocenters. The largest absolute Gasteiger partial charge is 0.378 e. The van der Waals surface area contributed by atoms with E-state index in [0.29, 0.717) is 6.54 Å². The normalized spacial score (nSPS) is 11.1. The van der Waals surface area contributed by atoms with Crippen molar-refractivity contribution in [2.24, 2.45) is 0 Å². The van der Waals surface area contributed by atoms with Gasteiger partial charge in [0.1, 0.15) is 0 Å². The molecule has 2 heterocycles. The van der Waals surface area contributed by atoms with Gasteiger partial charge in [-0.15, -0.1) is 0 Å². The Labute approximate surface area is 166 Å². The van der Waals surface area contributed by atoms with Gasteiger partial charge in [-0.25, -0.2) is 9.78 Å². The molecule has 0 bridgehead atoms. The average molecular weight is 380 g/mol. The number of hydrogen-bond acceptors (Lipinski definition) is 3. The van der Waals surface area contributed by atoms with Crippen molar-refractivity contribution in [3.05, 3.63) is 58.5 Å². The first-order valence-electron chi connectivity index (χ1n) is 9.62. The summed E-state index contributed by atoms with van der Waals surface area (Å²) in [6.07, 6.45) is 1.91. The van der Waals surface area contributed by atoms with Crippen LogP contribution in [0.25, 0.3) is 5.65 Å². The van der Waals surface area contributed by atoms with Crippen molar-refractivity contribution in [2.45, 2.75) is 54.1 Å². The third kappa shape index (κ3) is 4.11. The number of pyridine rings is 1. The first-order valence-corrected chi connectivity index (χ1v) is 9.62. The fourth-order valence-corrected chi connectivity index (χ4v) is 3.31. The second-order valence-corrected chi connectivity index (χ2v) is 7.60. The summed E-state index contributed by atoms with van der Waals surface area (Å²) in [5.74, 6) is 0. The molecule has 2 aromatic heterocycles. The summed E-state index contributed by atoms with van der Waals surface area (Å²) >= 11 is 0. The predicted molar refractivity (Wildman–Crippen MR) is 115 cm³/mol. The zero-order valence-corrected chi connectivity index (χ0v) is 17.5. The van der Waals surface area contributed by atoms with Gasteiger partial charge in [0.05, 0.1) is 17.1 Å². The van der Waals surface area contributed by atoms with Gasteiger partial charge in [-0.2, -0.15) is 0 Å². The summed E-state index contributed by atoms with van der Waals surface area (Å²) in [5, 5.41) is 9.31. The van der Waals surface area contributed by atoms with Crippen LogP contribution in [-0.4, -0.2) is 21.5 Å². The smallest absolute Gasteiger partial charge is 0.319 e. The molecule has 2 amide bonds. The highest BCUT2D eigenvalue weighted by Crippen LogP contribution is 2.26. The fraction of sp³-hybridized carbons (Fsp3) is 0.364. The van der Waals surface area contributed by atoms with E-state index in [-0.39, 0.29) is 12.1 Å². The Hall–Kier alpha value is -3.02. The second-order valence-electron chi connectivity index (χ2n) is 7.60. The van der Waals surface area contributed by atoms with Crippen LogP contribution in [0.3, 0.4) is 0 Å². The molecular formula is C22H29N5O. The van der Waals surface area contributed by atoms with Crippen LogP contribution in [0.15, 0.2) is 30.5 Å². The maximum absolute atomic E-state index is 12.2. The van der Waals surface area contributed by atoms with E-state index in [0.717, 1.165) is 28.4 Å². The monoisotopic (exact) mass is 379 g/mol. The third-order valence-electron chi connectivity index (χ3n) is 4.97. The fourth-order valence-electron chi connectivity index (χ4n) is 3.31. The van der Waals surface area contributed by atoms with Crippen molar-refractivity contribution < 1.29 is 4.79 Å². The molecule has 0 aliphatic carbocycles. The number of amides is 2. The van der Waals surface area contributed by atoms with Crippen molar-refractivity contribution in [1.82, 2.24) is 14.7 Å². The Morgan fingerprint density at radius 1 is 1.14 bits per heavy atom. The lowest BCUT2D eigenvalue weighted by molar-refractivity contribution is 0.250. The maximum atomic E-state index is 12.2. The molecule has 3 aromatic rings. The van der Waals surface area contributed by atoms with Crippen molar-refractivity contribution >= 4 is 23.1 Å². The minimum atomic E-state index is -0.218. The van der Waals surface area contributed by atoms with Crippen LogP contribution >= 0.6 is 0 Å². The lowest BCUT2D eigenvalue weighted by Gasteiger charge is -2.15. The SMILES string of the molecule is Cc1cccc(C)c1CNc1cc(NC(=O)NC(C)C)cn2c(C)c(C)nc12. The number of nitrogens with zero attached hydrogens (tertiary/aromatic N) is 2. The Kier molecular flexibility index (Phi) is 5.58. The zero-order valence-electron chi connectivity index (χ0n) is 17.5. The number of benzene rings is 1. The Morgan fingerprint density at radius 2 is 1.82 bits per heavy atom. The number of hydrogen-bond donors (Lipinski definition) is 3. The summed E-state index contributed by atoms with van der Waals surface area (Å²) in [4.78, 5) is 16.9. The van der Waals surface area contributed by atoms with Crippen molar-refractivity contribution in [3.63, 3.8) is 0 Å². The van der Waals surface area contributed by atoms with Crippen LogP contribution in [0.1, 0.15) is 41.9 Å². The number of aromatic nitrogens is 2. The lowest BCUT2D eigenvalue weighted by atomic mass is 10.0. The minimum absolute atomic E-state index is 0.0718. The topological polar surface area (TPSA) is 70.5 Å². The van der Waals surface area contributed by atoms with E-state index in [2.05, 4.69) is 48.0 Å². The van der Waals surface area contributed by atoms with E-state index in [9.17, 15) is 4.79 Å². The molecule has 0 spiro atoms. The zero-order chi connectivity index (χ0) is 20.4. The quantitative estimate of drug-likeness (QED) is 0.601. The Morgan fingerprint density at radius 3 is 2.46 bits per heavy atom. The summed E-state index contributed by atoms with van der Waals surface area (Å²) < 4.78 is 2.02. The number of imidazole rings is 1. The number of carbonyl (C=O) groups excluding carboxylic acids is 1. The molecule has 0 radical (unpaired) electrons. The van der Waals surface area contributed by atoms with Crippen LogP contribution in [0, 0.1) is 27.7 Å². The molecule has 0 aliphatic heterocycles. The number of aryl methyl sites for hydroxylation is 4. The van der Waals surface area contributed by atoms with E-state index in [1.807, 2.05) is 44.4 Å². The van der Waals surface area contributed by atoms with Gasteiger partial charge in [-0.3, -0.25) is 0 Å². The van der Waals surface area contributed by atoms with Crippen molar-refractivity contribution in [2.75, 3.05) is 10.6 Å². The highest BCUT2D eigenvalue weighted by molar-refractivity contribution is 5.90. The molecule has 0 saturated carbocycles. The number of fused-ring (bicyclic) bond motifs is 1. The standard InChI is InChI=1S/C22H29N5O/c1-13(2)24-22(28)26-18-10-20(21-25-16(5)17(6)27(21)12-18)23-11-19-14(3)8-7-9-15(19)4/h7-10,12-13,23H,11H2,1-6H3,(H2,24,26,28). The van der Waals surface area contributed by atoms with E-state index >= 15 is 0 Å². The molecule has 3 N–H and O–H groups in total. The van der Waals surface area contributed by atoms with Gasteiger partial charge in [-0.1, -0.05) is 18.2 Å². The van der Waals surface area contributed by atoms with Crippen LogP contribution in [0.2, 0.25) is 0 Å². The number of nitrogens with one attached hydrogen (secondary N) is 3. The first kappa shape index (κ1) is 19.7. The highest BCUT2D eigenvalue weighted by Gasteiger charge is 2.13. The summed E-state index contributed by atoms with van der Waals surface area (Å²) in [5.41, 5.74) is 8.27. The molecule has 1 aromatic carbocycles. The van der Waals surface area contributed by atoms with Gasteiger partial charge in [0, 0.05) is 24.5 Å². The highest BCUT2D eigenvalue weighted by atomic mass is 16.2. The van der Waals surface area contributed by atoms with Crippen LogP contribution in [-0.2, 0) is 6.54 Å². The third-order valence-corrected chi connectivity index (χ3v) is 4.97. The molecule has 0 saturated heterocycles. The molecule has 148 valence electrons. The molecule has 6 heteroatoms. The molecule has 0 unspecified atom stereocenters. The van der Waals surface area contributed by atoms with Crippen molar-refractivity contribution in [3.8, 4) is 0 Å². The van der Waals surface area contributed by atoms with E-state index in [1.54, 1.807) is 0 Å². The lowest BCUT2D eigenvalue weighted by Crippen LogP contribution is -2.34. The number of rotatable bonds is 5. The van der Waals surface area contributed by atoms with Crippen LogP contribution < -0.4 is 16.0 Å². The van der Waals surface area contributed by atoms with Gasteiger partial charge in [0.25, 0.3) is 0 Å². The van der Waals surface area contributed by atoms with Gasteiger partial charge < -0.3 is 20.4 Å². The van der Waals surface area contributed by atoms with E-state index in [1.165, 1.54) is 16.7 Å². The van der Waals surface area contributed by atoms with Gasteiger partial charge in [0.2, 0.25) is 0 Å². The van der Waals surface area contributed by atoms with Crippen molar-refractivity contribution in [1.29, 1.82) is 0 Å². The second kappa shape index (κ2) is 7.92. The Bertz CT molecular complexity index is 999. The number of urea groups is 1. The van der Waals surface area contributed by atoms with E-state index in [4.69, 9.17) is 4.98 Å². The predicted octanol–water partition coefficient (Wildman–Crippen LogP) is 4.71. The summed E-state index contributed by atoms with van der Waals surface area (Å²) in [6.45, 7) is 12.8. The molecule has 0 fully saturated rings. The van der Waals surface area contributed by atoms with E-state index < -0.39 is 0 Å². The molecular weight excluding hydrogens is 350 g/mol. The van der Waals surface area contributed by atoms with Crippen LogP contribution in [0.4, 0.5) is 16.2 Å². The minimum Gasteiger partial charge on any atom is -0.378 e. The number of carbonyl (C=O) groups is 1. The molecule has 6 nitrogen and oxygen atoms in total. The first-order chi connectivity index (χ1) is 13.3. The maximum Gasteiger partial charge on any atom is 0.319 e. The number of anilines is 2. The van der Waals surface area contributed by atoms with Gasteiger partial charge in [-0.05, 0) is 64.3 Å². The van der Waals surface area contributed by atoms with Gasteiger partial charge >= 0.3 is 6.03 Å². The van der Waals surface area contributed by atoms with Crippen LogP contribution in [0.5, 0.6) is 0 Å². The molecule has 28 heavy (non-hydrogen) atoms. The Balaban J connectivity index is 1.95. The summed E-state index contributed by atoms with van der Waals surface area (Å²) in [6, 6.07) is 8.11. The summed E-state index contributed by atoms with van der Waals surface area (Å²) in [7, 11) is 0. The molecule has 0 aliphatic rings.